The number of nitrogens with two attached hydrogens (primary N) is 1. The van der Waals surface area contributed by atoms with Crippen LogP contribution in [0.25, 0.3) is 0 Å². The standard InChI is InChI=1S/C9H19N/c1-3-9(2)6-4-8(10)5-7-9/h8H,3-7,10H2,1-2H3. The van der Waals surface area contributed by atoms with E-state index in [4.69, 9.17) is 5.73 Å². The Balaban J connectivity index is 2.38. The molecule has 0 radical (unpaired) electrons. The molecule has 0 aliphatic heterocycles. The van der Waals surface area contributed by atoms with Crippen LogP contribution >= 0.6 is 0 Å². The van der Waals surface area contributed by atoms with Gasteiger partial charge in [0.15, 0.2) is 0 Å². The molecule has 0 aromatic rings. The maximum atomic E-state index is 5.81. The van der Waals surface area contributed by atoms with Gasteiger partial charge in [0.1, 0.15) is 0 Å². The number of hydrogen-bond donors (Lipinski definition) is 1. The Hall–Kier alpha value is -0.0400. The first-order valence-electron chi connectivity index (χ1n) is 4.42. The minimum absolute atomic E-state index is 0.500. The lowest BCUT2D eigenvalue weighted by Crippen LogP contribution is -2.31. The normalized spacial score (nSPS) is 41.7. The molecule has 1 rings (SSSR count). The van der Waals surface area contributed by atoms with E-state index in [1.54, 1.807) is 0 Å². The van der Waals surface area contributed by atoms with Gasteiger partial charge in [-0.1, -0.05) is 20.3 Å². The highest BCUT2D eigenvalue weighted by atomic mass is 14.6. The van der Waals surface area contributed by atoms with Gasteiger partial charge in [-0.25, -0.2) is 0 Å². The summed E-state index contributed by atoms with van der Waals surface area (Å²) in [5, 5.41) is 0. The van der Waals surface area contributed by atoms with Crippen molar-refractivity contribution in [3.8, 4) is 0 Å². The summed E-state index contributed by atoms with van der Waals surface area (Å²) in [6.07, 6.45) is 6.48. The van der Waals surface area contributed by atoms with E-state index >= 15 is 0 Å². The van der Waals surface area contributed by atoms with E-state index in [2.05, 4.69) is 13.8 Å². The summed E-state index contributed by atoms with van der Waals surface area (Å²) in [6, 6.07) is 0.500. The predicted molar refractivity (Wildman–Crippen MR) is 44.8 cm³/mol. The highest BCUT2D eigenvalue weighted by molar-refractivity contribution is 4.82. The fraction of sp³-hybridized carbons (Fsp3) is 1.00. The zero-order valence-electron chi connectivity index (χ0n) is 7.19. The van der Waals surface area contributed by atoms with Gasteiger partial charge in [0.2, 0.25) is 0 Å². The van der Waals surface area contributed by atoms with Crippen molar-refractivity contribution in [2.75, 3.05) is 0 Å². The van der Waals surface area contributed by atoms with E-state index in [-0.39, 0.29) is 0 Å². The van der Waals surface area contributed by atoms with Gasteiger partial charge in [-0.2, -0.15) is 0 Å². The van der Waals surface area contributed by atoms with Gasteiger partial charge in [0.25, 0.3) is 0 Å². The molecule has 0 aromatic carbocycles. The third-order valence-electron chi connectivity index (χ3n) is 3.09. The van der Waals surface area contributed by atoms with Gasteiger partial charge in [0, 0.05) is 6.04 Å². The summed E-state index contributed by atoms with van der Waals surface area (Å²) >= 11 is 0. The van der Waals surface area contributed by atoms with Crippen LogP contribution in [0.4, 0.5) is 0 Å². The van der Waals surface area contributed by atoms with Crippen molar-refractivity contribution in [3.05, 3.63) is 0 Å². The molecule has 0 unspecified atom stereocenters. The van der Waals surface area contributed by atoms with Gasteiger partial charge < -0.3 is 5.73 Å². The minimum atomic E-state index is 0.500. The summed E-state index contributed by atoms with van der Waals surface area (Å²) in [7, 11) is 0. The molecule has 2 N–H and O–H groups in total. The quantitative estimate of drug-likeness (QED) is 0.595. The van der Waals surface area contributed by atoms with Crippen molar-refractivity contribution in [1.29, 1.82) is 0 Å². The molecule has 0 saturated heterocycles. The molecular weight excluding hydrogens is 122 g/mol. The third kappa shape index (κ3) is 1.72. The summed E-state index contributed by atoms with van der Waals surface area (Å²) in [5.74, 6) is 0. The Labute approximate surface area is 64.0 Å². The van der Waals surface area contributed by atoms with Crippen molar-refractivity contribution < 1.29 is 0 Å². The summed E-state index contributed by atoms with van der Waals surface area (Å²) < 4.78 is 0. The molecule has 1 fully saturated rings. The zero-order valence-corrected chi connectivity index (χ0v) is 7.19. The van der Waals surface area contributed by atoms with E-state index in [0.29, 0.717) is 11.5 Å². The second-order valence-electron chi connectivity index (χ2n) is 4.00. The summed E-state index contributed by atoms with van der Waals surface area (Å²) in [4.78, 5) is 0. The maximum absolute atomic E-state index is 5.81. The molecule has 1 aliphatic rings. The predicted octanol–water partition coefficient (Wildman–Crippen LogP) is 2.30. The van der Waals surface area contributed by atoms with Crippen molar-refractivity contribution in [1.82, 2.24) is 0 Å². The van der Waals surface area contributed by atoms with Gasteiger partial charge in [0.05, 0.1) is 0 Å². The van der Waals surface area contributed by atoms with Crippen molar-refractivity contribution in [2.45, 2.75) is 52.0 Å². The van der Waals surface area contributed by atoms with Crippen molar-refractivity contribution in [3.63, 3.8) is 0 Å². The molecular formula is C9H19N. The fourth-order valence-electron chi connectivity index (χ4n) is 1.69. The van der Waals surface area contributed by atoms with E-state index in [1.165, 1.54) is 32.1 Å². The van der Waals surface area contributed by atoms with Crippen molar-refractivity contribution in [2.24, 2.45) is 11.1 Å². The first-order chi connectivity index (χ1) is 4.66. The molecule has 0 spiro atoms. The van der Waals surface area contributed by atoms with Gasteiger partial charge in [-0.15, -0.1) is 0 Å². The summed E-state index contributed by atoms with van der Waals surface area (Å²) in [6.45, 7) is 4.68. The van der Waals surface area contributed by atoms with Crippen LogP contribution in [0.3, 0.4) is 0 Å². The van der Waals surface area contributed by atoms with E-state index < -0.39 is 0 Å². The first kappa shape index (κ1) is 8.06. The highest BCUT2D eigenvalue weighted by Gasteiger charge is 2.27. The van der Waals surface area contributed by atoms with Gasteiger partial charge >= 0.3 is 0 Å². The largest absolute Gasteiger partial charge is 0.328 e. The second-order valence-corrected chi connectivity index (χ2v) is 4.00. The Bertz CT molecular complexity index is 101. The molecule has 0 amide bonds. The van der Waals surface area contributed by atoms with E-state index in [1.807, 2.05) is 0 Å². The van der Waals surface area contributed by atoms with Crippen LogP contribution < -0.4 is 5.73 Å². The highest BCUT2D eigenvalue weighted by Crippen LogP contribution is 2.37. The SMILES string of the molecule is CCC1(C)CCC(N)CC1. The molecule has 1 aliphatic carbocycles. The Morgan fingerprint density at radius 3 is 2.30 bits per heavy atom. The molecule has 1 heteroatoms. The maximum Gasteiger partial charge on any atom is 0.00392 e. The van der Waals surface area contributed by atoms with Crippen molar-refractivity contribution >= 4 is 0 Å². The van der Waals surface area contributed by atoms with Gasteiger partial charge in [-0.3, -0.25) is 0 Å². The molecule has 10 heavy (non-hydrogen) atoms. The zero-order chi connectivity index (χ0) is 7.61. The van der Waals surface area contributed by atoms with Crippen LogP contribution in [-0.4, -0.2) is 6.04 Å². The lowest BCUT2D eigenvalue weighted by atomic mass is 9.72. The molecule has 1 nitrogen and oxygen atoms in total. The molecule has 0 aromatic heterocycles. The average molecular weight is 141 g/mol. The van der Waals surface area contributed by atoms with Crippen LogP contribution in [0.15, 0.2) is 0 Å². The van der Waals surface area contributed by atoms with Crippen LogP contribution in [0, 0.1) is 5.41 Å². The average Bonchev–Trinajstić information content (AvgIpc) is 1.96. The third-order valence-corrected chi connectivity index (χ3v) is 3.09. The van der Waals surface area contributed by atoms with Crippen LogP contribution in [0.1, 0.15) is 46.0 Å². The van der Waals surface area contributed by atoms with Crippen LogP contribution in [-0.2, 0) is 0 Å². The lowest BCUT2D eigenvalue weighted by Gasteiger charge is -2.35. The van der Waals surface area contributed by atoms with Gasteiger partial charge in [-0.05, 0) is 31.1 Å². The topological polar surface area (TPSA) is 26.0 Å². The summed E-state index contributed by atoms with van der Waals surface area (Å²) in [5.41, 5.74) is 6.43. The lowest BCUT2D eigenvalue weighted by molar-refractivity contribution is 0.192. The van der Waals surface area contributed by atoms with Crippen LogP contribution in [0.2, 0.25) is 0 Å². The minimum Gasteiger partial charge on any atom is -0.328 e. The van der Waals surface area contributed by atoms with E-state index in [9.17, 15) is 0 Å². The molecule has 0 heterocycles. The smallest absolute Gasteiger partial charge is 0.00392 e. The number of rotatable bonds is 1. The molecule has 1 saturated carbocycles. The fourth-order valence-corrected chi connectivity index (χ4v) is 1.69. The van der Waals surface area contributed by atoms with E-state index in [0.717, 1.165) is 0 Å². The molecule has 0 atom stereocenters. The van der Waals surface area contributed by atoms with Crippen LogP contribution in [0.5, 0.6) is 0 Å². The first-order valence-corrected chi connectivity index (χ1v) is 4.42. The molecule has 60 valence electrons. The Morgan fingerprint density at radius 2 is 1.90 bits per heavy atom. The molecule has 0 bridgehead atoms. The second kappa shape index (κ2) is 2.91. The Morgan fingerprint density at radius 1 is 1.40 bits per heavy atom. The number of hydrogen-bond acceptors (Lipinski definition) is 1. The Kier molecular flexibility index (Phi) is 2.35. The monoisotopic (exact) mass is 141 g/mol.